The van der Waals surface area contributed by atoms with E-state index in [0.717, 1.165) is 38.9 Å². The van der Waals surface area contributed by atoms with Gasteiger partial charge in [0.05, 0.1) is 5.92 Å². The Morgan fingerprint density at radius 1 is 1.00 bits per heavy atom. The van der Waals surface area contributed by atoms with Crippen LogP contribution in [0.25, 0.3) is 0 Å². The second-order valence-corrected chi connectivity index (χ2v) is 8.65. The van der Waals surface area contributed by atoms with Crippen LogP contribution in [0, 0.1) is 5.92 Å². The normalized spacial score (nSPS) is 16.2. The van der Waals surface area contributed by atoms with Crippen LogP contribution in [0.2, 0.25) is 0 Å². The molecule has 1 saturated heterocycles. The van der Waals surface area contributed by atoms with Crippen LogP contribution >= 0.6 is 24.8 Å². The number of likely N-dealkylation sites (N-methyl/N-ethyl adjacent to an activating group) is 1. The van der Waals surface area contributed by atoms with Crippen molar-refractivity contribution in [3.63, 3.8) is 0 Å². The summed E-state index contributed by atoms with van der Waals surface area (Å²) >= 11 is 0. The summed E-state index contributed by atoms with van der Waals surface area (Å²) in [5, 5.41) is 3.22. The van der Waals surface area contributed by atoms with Gasteiger partial charge in [0.1, 0.15) is 0 Å². The Bertz CT molecular complexity index is 763. The summed E-state index contributed by atoms with van der Waals surface area (Å²) in [7, 11) is 6.22. The SMILES string of the molecule is CNCC(Cc1ccccc1)C(=O)N1CCC(CN(C)C)(c2ccccc2)CC1.Cl.Cl. The van der Waals surface area contributed by atoms with E-state index in [1.54, 1.807) is 0 Å². The first kappa shape index (κ1) is 27.4. The highest BCUT2D eigenvalue weighted by atomic mass is 35.5. The molecule has 1 aliphatic rings. The maximum absolute atomic E-state index is 13.3. The van der Waals surface area contributed by atoms with Crippen LogP contribution in [0.5, 0.6) is 0 Å². The quantitative estimate of drug-likeness (QED) is 0.638. The van der Waals surface area contributed by atoms with E-state index in [2.05, 4.69) is 71.7 Å². The lowest BCUT2D eigenvalue weighted by Crippen LogP contribution is -2.51. The molecule has 1 heterocycles. The van der Waals surface area contributed by atoms with Crippen LogP contribution in [-0.2, 0) is 16.6 Å². The molecule has 0 bridgehead atoms. The maximum atomic E-state index is 13.3. The van der Waals surface area contributed by atoms with E-state index in [1.807, 2.05) is 25.2 Å². The van der Waals surface area contributed by atoms with Crippen LogP contribution in [0.4, 0.5) is 0 Å². The molecule has 2 aromatic rings. The lowest BCUT2D eigenvalue weighted by molar-refractivity contribution is -0.137. The summed E-state index contributed by atoms with van der Waals surface area (Å²) in [6, 6.07) is 21.2. The van der Waals surface area contributed by atoms with Gasteiger partial charge in [0.25, 0.3) is 0 Å². The summed E-state index contributed by atoms with van der Waals surface area (Å²) < 4.78 is 0. The molecule has 3 rings (SSSR count). The minimum Gasteiger partial charge on any atom is -0.342 e. The zero-order valence-electron chi connectivity index (χ0n) is 18.9. The number of likely N-dealkylation sites (tertiary alicyclic amines) is 1. The van der Waals surface area contributed by atoms with Crippen molar-refractivity contribution >= 4 is 30.7 Å². The van der Waals surface area contributed by atoms with Crippen molar-refractivity contribution in [3.8, 4) is 0 Å². The number of carbonyl (C=O) groups excluding carboxylic acids is 1. The standard InChI is InChI=1S/C25H35N3O.2ClH/c1-26-19-22(18-21-10-6-4-7-11-21)24(29)28-16-14-25(15-17-28,20-27(2)3)23-12-8-5-9-13-23;;/h4-13,22,26H,14-20H2,1-3H3;2*1H. The Kier molecular flexibility index (Phi) is 11.6. The van der Waals surface area contributed by atoms with Gasteiger partial charge in [-0.1, -0.05) is 60.7 Å². The highest BCUT2D eigenvalue weighted by Gasteiger charge is 2.38. The van der Waals surface area contributed by atoms with Gasteiger partial charge < -0.3 is 15.1 Å². The lowest BCUT2D eigenvalue weighted by Gasteiger charge is -2.44. The van der Waals surface area contributed by atoms with Crippen molar-refractivity contribution in [1.82, 2.24) is 15.1 Å². The Hall–Kier alpha value is -1.59. The smallest absolute Gasteiger partial charge is 0.227 e. The molecule has 0 saturated carbocycles. The van der Waals surface area contributed by atoms with Gasteiger partial charge in [-0.25, -0.2) is 0 Å². The molecule has 0 aliphatic carbocycles. The monoisotopic (exact) mass is 465 g/mol. The third-order valence-corrected chi connectivity index (χ3v) is 6.16. The van der Waals surface area contributed by atoms with E-state index in [9.17, 15) is 4.79 Å². The van der Waals surface area contributed by atoms with Gasteiger partial charge in [0.2, 0.25) is 5.91 Å². The van der Waals surface area contributed by atoms with E-state index >= 15 is 0 Å². The van der Waals surface area contributed by atoms with E-state index in [-0.39, 0.29) is 42.1 Å². The average Bonchev–Trinajstić information content (AvgIpc) is 2.74. The van der Waals surface area contributed by atoms with Crippen LogP contribution in [0.3, 0.4) is 0 Å². The van der Waals surface area contributed by atoms with E-state index in [4.69, 9.17) is 0 Å². The molecule has 0 aromatic heterocycles. The van der Waals surface area contributed by atoms with Gasteiger partial charge in [-0.15, -0.1) is 24.8 Å². The Balaban J connectivity index is 0.00000240. The molecule has 1 amide bonds. The van der Waals surface area contributed by atoms with Gasteiger partial charge >= 0.3 is 0 Å². The Labute approximate surface area is 200 Å². The first-order valence-corrected chi connectivity index (χ1v) is 10.7. The number of rotatable bonds is 8. The summed E-state index contributed by atoms with van der Waals surface area (Å²) in [6.07, 6.45) is 2.82. The van der Waals surface area contributed by atoms with Gasteiger partial charge in [-0.05, 0) is 51.5 Å². The highest BCUT2D eigenvalue weighted by molar-refractivity contribution is 5.85. The predicted molar refractivity (Wildman–Crippen MR) is 135 cm³/mol. The molecule has 2 aromatic carbocycles. The van der Waals surface area contributed by atoms with Crippen molar-refractivity contribution in [3.05, 3.63) is 71.8 Å². The number of piperidine rings is 1. The fourth-order valence-electron chi connectivity index (χ4n) is 4.74. The zero-order valence-corrected chi connectivity index (χ0v) is 20.6. The maximum Gasteiger partial charge on any atom is 0.227 e. The zero-order chi connectivity index (χ0) is 20.7. The molecule has 1 atom stereocenters. The number of benzene rings is 2. The molecule has 1 fully saturated rings. The second-order valence-electron chi connectivity index (χ2n) is 8.65. The molecule has 6 heteroatoms. The average molecular weight is 466 g/mol. The van der Waals surface area contributed by atoms with Gasteiger partial charge in [0.15, 0.2) is 0 Å². The second kappa shape index (κ2) is 13.1. The fraction of sp³-hybridized carbons (Fsp3) is 0.480. The minimum absolute atomic E-state index is 0. The molecule has 172 valence electrons. The third kappa shape index (κ3) is 7.21. The number of hydrogen-bond acceptors (Lipinski definition) is 3. The predicted octanol–water partition coefficient (Wildman–Crippen LogP) is 4.03. The van der Waals surface area contributed by atoms with Crippen LogP contribution in [-0.4, -0.2) is 63.0 Å². The number of halogens is 2. The number of carbonyl (C=O) groups is 1. The van der Waals surface area contributed by atoms with Crippen molar-refractivity contribution in [2.24, 2.45) is 5.92 Å². The van der Waals surface area contributed by atoms with E-state index in [0.29, 0.717) is 6.54 Å². The fourth-order valence-corrected chi connectivity index (χ4v) is 4.74. The summed E-state index contributed by atoms with van der Waals surface area (Å²) in [5.74, 6) is 0.273. The Morgan fingerprint density at radius 2 is 1.55 bits per heavy atom. The van der Waals surface area contributed by atoms with E-state index < -0.39 is 0 Å². The first-order chi connectivity index (χ1) is 14.0. The van der Waals surface area contributed by atoms with Gasteiger partial charge in [0, 0.05) is 31.6 Å². The van der Waals surface area contributed by atoms with Crippen molar-refractivity contribution in [2.75, 3.05) is 47.3 Å². The minimum atomic E-state index is -0.0134. The van der Waals surface area contributed by atoms with Crippen molar-refractivity contribution in [1.29, 1.82) is 0 Å². The van der Waals surface area contributed by atoms with Crippen LogP contribution in [0.1, 0.15) is 24.0 Å². The van der Waals surface area contributed by atoms with Gasteiger partial charge in [-0.2, -0.15) is 0 Å². The summed E-state index contributed by atoms with van der Waals surface area (Å²) in [6.45, 7) is 3.39. The summed E-state index contributed by atoms with van der Waals surface area (Å²) in [5.41, 5.74) is 2.75. The molecule has 0 spiro atoms. The Morgan fingerprint density at radius 3 is 2.06 bits per heavy atom. The number of amides is 1. The highest BCUT2D eigenvalue weighted by Crippen LogP contribution is 2.36. The third-order valence-electron chi connectivity index (χ3n) is 6.16. The van der Waals surface area contributed by atoms with Crippen molar-refractivity contribution in [2.45, 2.75) is 24.7 Å². The molecular formula is C25H37Cl2N3O. The molecule has 0 radical (unpaired) electrons. The van der Waals surface area contributed by atoms with Gasteiger partial charge in [-0.3, -0.25) is 4.79 Å². The van der Waals surface area contributed by atoms with E-state index in [1.165, 1.54) is 11.1 Å². The lowest BCUT2D eigenvalue weighted by atomic mass is 9.72. The molecule has 1 unspecified atom stereocenters. The first-order valence-electron chi connectivity index (χ1n) is 10.7. The number of nitrogens with zero attached hydrogens (tertiary/aromatic N) is 2. The van der Waals surface area contributed by atoms with Crippen molar-refractivity contribution < 1.29 is 4.79 Å². The molecular weight excluding hydrogens is 429 g/mol. The molecule has 1 N–H and O–H groups in total. The van der Waals surface area contributed by atoms with Crippen LogP contribution < -0.4 is 5.32 Å². The number of hydrogen-bond donors (Lipinski definition) is 1. The molecule has 4 nitrogen and oxygen atoms in total. The largest absolute Gasteiger partial charge is 0.342 e. The summed E-state index contributed by atoms with van der Waals surface area (Å²) in [4.78, 5) is 17.7. The molecule has 1 aliphatic heterocycles. The number of nitrogens with one attached hydrogen (secondary N) is 1. The topological polar surface area (TPSA) is 35.6 Å². The van der Waals surface area contributed by atoms with Crippen LogP contribution in [0.15, 0.2) is 60.7 Å². The molecule has 31 heavy (non-hydrogen) atoms.